The molecule has 110 valence electrons. The first-order valence-corrected chi connectivity index (χ1v) is 4.53. The molecular formula is C6H2Cl2F10. The van der Waals surface area contributed by atoms with Gasteiger partial charge in [-0.3, -0.25) is 0 Å². The van der Waals surface area contributed by atoms with Crippen molar-refractivity contribution in [3.63, 3.8) is 0 Å². The van der Waals surface area contributed by atoms with Crippen LogP contribution >= 0.6 is 23.2 Å². The predicted molar refractivity (Wildman–Crippen MR) is 41.3 cm³/mol. The Hall–Kier alpha value is -0.120. The van der Waals surface area contributed by atoms with Gasteiger partial charge >= 0.3 is 22.9 Å². The largest absolute Gasteiger partial charge is 0.381 e. The van der Waals surface area contributed by atoms with Gasteiger partial charge in [0.2, 0.25) is 5.63 Å². The lowest BCUT2D eigenvalue weighted by atomic mass is 10.0. The second-order valence-corrected chi connectivity index (χ2v) is 3.93. The zero-order valence-corrected chi connectivity index (χ0v) is 9.20. The van der Waals surface area contributed by atoms with Crippen molar-refractivity contribution in [3.05, 3.63) is 0 Å². The van der Waals surface area contributed by atoms with Crippen LogP contribution in [-0.2, 0) is 0 Å². The molecule has 12 heteroatoms. The molecule has 0 rings (SSSR count). The minimum absolute atomic E-state index is 3.81. The van der Waals surface area contributed by atoms with Crippen LogP contribution in [0.25, 0.3) is 0 Å². The molecule has 0 nitrogen and oxygen atoms in total. The Morgan fingerprint density at radius 1 is 0.722 bits per heavy atom. The summed E-state index contributed by atoms with van der Waals surface area (Å²) in [7, 11) is 0. The molecule has 0 aromatic heterocycles. The highest BCUT2D eigenvalue weighted by Gasteiger charge is 2.83. The SMILES string of the molecule is FC(Cl)C(F)(F)C(F)(F)C(F)(F)C(F)(Cl)C(F)F. The average Bonchev–Trinajstić information content (AvgIpc) is 2.15. The van der Waals surface area contributed by atoms with E-state index in [0.717, 1.165) is 0 Å². The van der Waals surface area contributed by atoms with Crippen LogP contribution in [-0.4, -0.2) is 35.0 Å². The Balaban J connectivity index is 5.74. The molecule has 18 heavy (non-hydrogen) atoms. The molecule has 2 unspecified atom stereocenters. The Bertz CT molecular complexity index is 269. The van der Waals surface area contributed by atoms with Crippen LogP contribution in [0.5, 0.6) is 0 Å². The van der Waals surface area contributed by atoms with Crippen molar-refractivity contribution in [1.82, 2.24) is 0 Å². The number of hydrogen-bond acceptors (Lipinski definition) is 0. The first-order chi connectivity index (χ1) is 7.64. The van der Waals surface area contributed by atoms with Crippen molar-refractivity contribution >= 4 is 23.2 Å². The molecule has 0 aliphatic rings. The quantitative estimate of drug-likeness (QED) is 0.509. The monoisotopic (exact) mass is 334 g/mol. The van der Waals surface area contributed by atoms with Gasteiger partial charge in [0.1, 0.15) is 0 Å². The van der Waals surface area contributed by atoms with E-state index in [1.807, 2.05) is 0 Å². The molecule has 0 heterocycles. The van der Waals surface area contributed by atoms with Gasteiger partial charge < -0.3 is 0 Å². The topological polar surface area (TPSA) is 0 Å². The zero-order valence-electron chi connectivity index (χ0n) is 7.69. The fourth-order valence-electron chi connectivity index (χ4n) is 0.693. The molecule has 0 amide bonds. The molecule has 0 aliphatic heterocycles. The van der Waals surface area contributed by atoms with E-state index >= 15 is 0 Å². The van der Waals surface area contributed by atoms with Crippen molar-refractivity contribution in [1.29, 1.82) is 0 Å². The Morgan fingerprint density at radius 3 is 1.28 bits per heavy atom. The molecule has 0 aromatic carbocycles. The van der Waals surface area contributed by atoms with Gasteiger partial charge in [-0.2, -0.15) is 26.3 Å². The summed E-state index contributed by atoms with van der Waals surface area (Å²) < 4.78 is 123. The number of rotatable bonds is 5. The van der Waals surface area contributed by atoms with Gasteiger partial charge in [0, 0.05) is 0 Å². The summed E-state index contributed by atoms with van der Waals surface area (Å²) in [5, 5.41) is -5.83. The van der Waals surface area contributed by atoms with Gasteiger partial charge in [-0.25, -0.2) is 17.6 Å². The van der Waals surface area contributed by atoms with Crippen molar-refractivity contribution in [2.75, 3.05) is 0 Å². The summed E-state index contributed by atoms with van der Waals surface area (Å²) in [4.78, 5) is 0. The molecule has 0 radical (unpaired) electrons. The number of halogens is 12. The fraction of sp³-hybridized carbons (Fsp3) is 1.00. The molecule has 0 aromatic rings. The normalized spacial score (nSPS) is 19.8. The third-order valence-electron chi connectivity index (χ3n) is 1.78. The smallest absolute Gasteiger partial charge is 0.223 e. The summed E-state index contributed by atoms with van der Waals surface area (Å²) in [6.07, 6.45) is -4.94. The molecular weight excluding hydrogens is 333 g/mol. The molecule has 0 aliphatic carbocycles. The first kappa shape index (κ1) is 17.9. The molecule has 2 atom stereocenters. The maximum absolute atomic E-state index is 12.6. The van der Waals surface area contributed by atoms with Crippen LogP contribution in [0, 0.1) is 0 Å². The second-order valence-electron chi connectivity index (χ2n) is 3.00. The third-order valence-corrected chi connectivity index (χ3v) is 2.46. The van der Waals surface area contributed by atoms with Crippen molar-refractivity contribution in [2.45, 2.75) is 35.0 Å². The Labute approximate surface area is 103 Å². The maximum Gasteiger partial charge on any atom is 0.381 e. The lowest BCUT2D eigenvalue weighted by Gasteiger charge is -2.37. The van der Waals surface area contributed by atoms with Crippen molar-refractivity contribution < 1.29 is 43.9 Å². The van der Waals surface area contributed by atoms with Crippen molar-refractivity contribution in [2.24, 2.45) is 0 Å². The van der Waals surface area contributed by atoms with E-state index in [9.17, 15) is 43.9 Å². The van der Waals surface area contributed by atoms with E-state index in [4.69, 9.17) is 0 Å². The molecule has 0 saturated heterocycles. The second kappa shape index (κ2) is 4.77. The summed E-state index contributed by atoms with van der Waals surface area (Å²) >= 11 is 7.72. The molecule has 0 spiro atoms. The van der Waals surface area contributed by atoms with Gasteiger partial charge in [-0.15, -0.1) is 0 Å². The molecule has 0 bridgehead atoms. The Kier molecular flexibility index (Phi) is 4.74. The van der Waals surface area contributed by atoms with Gasteiger partial charge in [-0.1, -0.05) is 23.2 Å². The third kappa shape index (κ3) is 2.33. The van der Waals surface area contributed by atoms with Gasteiger partial charge in [0.05, 0.1) is 0 Å². The van der Waals surface area contributed by atoms with E-state index in [-0.39, 0.29) is 0 Å². The zero-order chi connectivity index (χ0) is 15.2. The minimum Gasteiger partial charge on any atom is -0.223 e. The molecule has 0 saturated carbocycles. The lowest BCUT2D eigenvalue weighted by molar-refractivity contribution is -0.347. The van der Waals surface area contributed by atoms with Crippen LogP contribution in [0.1, 0.15) is 0 Å². The minimum atomic E-state index is -6.88. The predicted octanol–water partition coefficient (Wildman–Crippen LogP) is 4.60. The lowest BCUT2D eigenvalue weighted by Crippen LogP contribution is -2.65. The van der Waals surface area contributed by atoms with Crippen LogP contribution in [0.3, 0.4) is 0 Å². The highest BCUT2D eigenvalue weighted by molar-refractivity contribution is 6.24. The number of alkyl halides is 12. The van der Waals surface area contributed by atoms with Crippen LogP contribution in [0.2, 0.25) is 0 Å². The van der Waals surface area contributed by atoms with E-state index in [0.29, 0.717) is 0 Å². The van der Waals surface area contributed by atoms with Crippen LogP contribution < -0.4 is 0 Å². The summed E-state index contributed by atoms with van der Waals surface area (Å²) in [5.41, 5.74) is -4.37. The van der Waals surface area contributed by atoms with E-state index in [2.05, 4.69) is 23.2 Å². The standard InChI is InChI=1S/C6H2Cl2F10/c7-1(9)4(13,14)6(17,18)5(15,16)3(8,12)2(10)11/h1-2H. The highest BCUT2D eigenvalue weighted by Crippen LogP contribution is 2.56. The maximum atomic E-state index is 12.6. The summed E-state index contributed by atoms with van der Waals surface area (Å²) in [6, 6.07) is 0. The average molecular weight is 335 g/mol. The van der Waals surface area contributed by atoms with Gasteiger partial charge in [0.15, 0.2) is 0 Å². The highest BCUT2D eigenvalue weighted by atomic mass is 35.5. The Morgan fingerprint density at radius 2 is 1.06 bits per heavy atom. The van der Waals surface area contributed by atoms with Gasteiger partial charge in [-0.05, 0) is 0 Å². The summed E-state index contributed by atoms with van der Waals surface area (Å²) in [5.74, 6) is -20.0. The fourth-order valence-corrected chi connectivity index (χ4v) is 0.948. The molecule has 0 N–H and O–H groups in total. The van der Waals surface area contributed by atoms with Crippen molar-refractivity contribution in [3.8, 4) is 0 Å². The van der Waals surface area contributed by atoms with Crippen LogP contribution in [0.4, 0.5) is 43.9 Å². The van der Waals surface area contributed by atoms with E-state index in [1.165, 1.54) is 0 Å². The summed E-state index contributed by atoms with van der Waals surface area (Å²) in [6.45, 7) is 0. The van der Waals surface area contributed by atoms with Gasteiger partial charge in [0.25, 0.3) is 6.43 Å². The first-order valence-electron chi connectivity index (χ1n) is 3.71. The number of hydrogen-bond donors (Lipinski definition) is 0. The molecule has 0 fully saturated rings. The van der Waals surface area contributed by atoms with E-state index in [1.54, 1.807) is 0 Å². The van der Waals surface area contributed by atoms with E-state index < -0.39 is 35.0 Å². The van der Waals surface area contributed by atoms with Crippen LogP contribution in [0.15, 0.2) is 0 Å².